The molecule has 0 spiro atoms. The van der Waals surface area contributed by atoms with Gasteiger partial charge in [-0.15, -0.1) is 6.42 Å². The minimum atomic E-state index is -0.413. The minimum Gasteiger partial charge on any atom is -0.446 e. The molecule has 0 fully saturated rings. The summed E-state index contributed by atoms with van der Waals surface area (Å²) in [7, 11) is 0. The van der Waals surface area contributed by atoms with Crippen molar-refractivity contribution in [3.05, 3.63) is 24.8 Å². The maximum absolute atomic E-state index is 11.1. The van der Waals surface area contributed by atoms with Crippen LogP contribution in [0.2, 0.25) is 0 Å². The summed E-state index contributed by atoms with van der Waals surface area (Å²) >= 11 is 0. The molecule has 0 saturated carbocycles. The highest BCUT2D eigenvalue weighted by Gasteiger charge is 2.07. The topological polar surface area (TPSA) is 26.3 Å². The Hall–Kier alpha value is -1.49. The third kappa shape index (κ3) is 6.07. The maximum Gasteiger partial charge on any atom is 0.331 e. The highest BCUT2D eigenvalue weighted by atomic mass is 16.5. The second-order valence-electron chi connectivity index (χ2n) is 2.83. The molecule has 0 aromatic heterocycles. The van der Waals surface area contributed by atoms with Crippen molar-refractivity contribution in [3.63, 3.8) is 0 Å². The Morgan fingerprint density at radius 3 is 2.93 bits per heavy atom. The van der Waals surface area contributed by atoms with Crippen molar-refractivity contribution < 1.29 is 9.53 Å². The molecule has 0 aliphatic rings. The quantitative estimate of drug-likeness (QED) is 0.280. The molecule has 76 valence electrons. The highest BCUT2D eigenvalue weighted by molar-refractivity contribution is 5.82. The molecule has 2 nitrogen and oxygen atoms in total. The van der Waals surface area contributed by atoms with Gasteiger partial charge < -0.3 is 4.74 Å². The van der Waals surface area contributed by atoms with Crippen LogP contribution < -0.4 is 0 Å². The van der Waals surface area contributed by atoms with E-state index in [9.17, 15) is 4.79 Å². The van der Waals surface area contributed by atoms with Gasteiger partial charge in [0.2, 0.25) is 0 Å². The molecule has 0 N–H and O–H groups in total. The summed E-state index contributed by atoms with van der Waals surface area (Å²) in [6.45, 7) is 5.51. The van der Waals surface area contributed by atoms with Gasteiger partial charge in [0, 0.05) is 6.08 Å². The minimum absolute atomic E-state index is 0.406. The number of rotatable bonds is 6. The van der Waals surface area contributed by atoms with Gasteiger partial charge in [0.05, 0.1) is 0 Å². The fourth-order valence-electron chi connectivity index (χ4n) is 0.892. The van der Waals surface area contributed by atoms with E-state index < -0.39 is 12.1 Å². The Labute approximate surface area is 85.6 Å². The van der Waals surface area contributed by atoms with Crippen LogP contribution in [0.4, 0.5) is 0 Å². The van der Waals surface area contributed by atoms with E-state index in [1.807, 2.05) is 0 Å². The molecule has 0 aromatic carbocycles. The molecule has 14 heavy (non-hydrogen) atoms. The van der Waals surface area contributed by atoms with Crippen molar-refractivity contribution in [2.24, 2.45) is 0 Å². The van der Waals surface area contributed by atoms with E-state index in [2.05, 4.69) is 19.4 Å². The van der Waals surface area contributed by atoms with Crippen LogP contribution in [0.3, 0.4) is 0 Å². The Kier molecular flexibility index (Phi) is 7.26. The summed E-state index contributed by atoms with van der Waals surface area (Å²) in [6, 6.07) is 0. The van der Waals surface area contributed by atoms with Gasteiger partial charge in [-0.1, -0.05) is 38.0 Å². The van der Waals surface area contributed by atoms with Gasteiger partial charge in [0.1, 0.15) is 0 Å². The van der Waals surface area contributed by atoms with Crippen molar-refractivity contribution in [2.75, 3.05) is 0 Å². The molecule has 0 saturated heterocycles. The third-order valence-corrected chi connectivity index (χ3v) is 1.63. The van der Waals surface area contributed by atoms with Gasteiger partial charge in [-0.25, -0.2) is 4.79 Å². The average Bonchev–Trinajstić information content (AvgIpc) is 2.21. The first-order chi connectivity index (χ1) is 6.74. The first-order valence-electron chi connectivity index (χ1n) is 4.70. The molecule has 0 radical (unpaired) electrons. The van der Waals surface area contributed by atoms with Gasteiger partial charge in [-0.2, -0.15) is 0 Å². The lowest BCUT2D eigenvalue weighted by Gasteiger charge is -2.09. The largest absolute Gasteiger partial charge is 0.446 e. The Morgan fingerprint density at radius 2 is 2.43 bits per heavy atom. The van der Waals surface area contributed by atoms with E-state index in [-0.39, 0.29) is 0 Å². The Bertz CT molecular complexity index is 246. The Balaban J connectivity index is 3.93. The van der Waals surface area contributed by atoms with Gasteiger partial charge in [0.15, 0.2) is 6.10 Å². The van der Waals surface area contributed by atoms with E-state index in [4.69, 9.17) is 11.2 Å². The summed E-state index contributed by atoms with van der Waals surface area (Å²) in [4.78, 5) is 11.1. The molecule has 2 heteroatoms. The fraction of sp³-hybridized carbons (Fsp3) is 0.417. The number of allylic oxidation sites excluding steroid dienone is 2. The summed E-state index contributed by atoms with van der Waals surface area (Å²) in [5.74, 6) is 2.03. The lowest BCUT2D eigenvalue weighted by molar-refractivity contribution is -0.140. The van der Waals surface area contributed by atoms with Crippen molar-refractivity contribution in [2.45, 2.75) is 32.3 Å². The molecule has 0 aliphatic carbocycles. The molecule has 0 unspecified atom stereocenters. The fourth-order valence-corrected chi connectivity index (χ4v) is 0.892. The van der Waals surface area contributed by atoms with Crippen LogP contribution in [-0.2, 0) is 9.53 Å². The first-order valence-corrected chi connectivity index (χ1v) is 4.70. The number of esters is 1. The van der Waals surface area contributed by atoms with Crippen LogP contribution in [0.1, 0.15) is 26.2 Å². The molecule has 0 aromatic rings. The van der Waals surface area contributed by atoms with Gasteiger partial charge in [-0.3, -0.25) is 0 Å². The third-order valence-electron chi connectivity index (χ3n) is 1.63. The second-order valence-corrected chi connectivity index (χ2v) is 2.83. The molecule has 0 aliphatic heterocycles. The standard InChI is InChI=1S/C12H16O2/c1-4-7-9-11(6-3)14-12(13)10-8-5-2/h3,5,8,10-11H,2,4,7,9H2,1H3/t11-/m1/s1. The molecular weight excluding hydrogens is 176 g/mol. The number of hydrogen-bond acceptors (Lipinski definition) is 2. The van der Waals surface area contributed by atoms with Crippen molar-refractivity contribution >= 4 is 5.97 Å². The number of carbonyl (C=O) groups excluding carboxylic acids is 1. The van der Waals surface area contributed by atoms with Gasteiger partial charge in [-0.05, 0) is 12.8 Å². The van der Waals surface area contributed by atoms with Crippen LogP contribution in [0.15, 0.2) is 24.8 Å². The zero-order chi connectivity index (χ0) is 10.8. The normalized spacial score (nSPS) is 12.0. The van der Waals surface area contributed by atoms with Crippen LogP contribution in [0.25, 0.3) is 0 Å². The second kappa shape index (κ2) is 8.12. The predicted molar refractivity (Wildman–Crippen MR) is 57.6 cm³/mol. The van der Waals surface area contributed by atoms with Crippen LogP contribution in [0.5, 0.6) is 0 Å². The van der Waals surface area contributed by atoms with Gasteiger partial charge >= 0.3 is 5.97 Å². The number of unbranched alkanes of at least 4 members (excludes halogenated alkanes) is 1. The van der Waals surface area contributed by atoms with E-state index in [0.717, 1.165) is 19.3 Å². The zero-order valence-electron chi connectivity index (χ0n) is 8.53. The summed E-state index contributed by atoms with van der Waals surface area (Å²) in [6.07, 6.45) is 11.9. The van der Waals surface area contributed by atoms with Crippen LogP contribution in [0, 0.1) is 12.3 Å². The molecule has 0 amide bonds. The average molecular weight is 192 g/mol. The van der Waals surface area contributed by atoms with Crippen molar-refractivity contribution in [3.8, 4) is 12.3 Å². The molecular formula is C12H16O2. The number of carbonyl (C=O) groups is 1. The van der Waals surface area contributed by atoms with E-state index in [1.165, 1.54) is 18.2 Å². The predicted octanol–water partition coefficient (Wildman–Crippen LogP) is 2.46. The maximum atomic E-state index is 11.1. The smallest absolute Gasteiger partial charge is 0.331 e. The highest BCUT2D eigenvalue weighted by Crippen LogP contribution is 2.04. The monoisotopic (exact) mass is 192 g/mol. The lowest BCUT2D eigenvalue weighted by atomic mass is 10.2. The first kappa shape index (κ1) is 12.5. The Morgan fingerprint density at radius 1 is 1.71 bits per heavy atom. The van der Waals surface area contributed by atoms with Crippen molar-refractivity contribution in [1.29, 1.82) is 0 Å². The molecule has 1 atom stereocenters. The zero-order valence-corrected chi connectivity index (χ0v) is 8.53. The molecule has 0 heterocycles. The van der Waals surface area contributed by atoms with E-state index in [0.29, 0.717) is 0 Å². The van der Waals surface area contributed by atoms with Gasteiger partial charge in [0.25, 0.3) is 0 Å². The van der Waals surface area contributed by atoms with Crippen molar-refractivity contribution in [1.82, 2.24) is 0 Å². The number of ether oxygens (including phenoxy) is 1. The number of hydrogen-bond donors (Lipinski definition) is 0. The van der Waals surface area contributed by atoms with Crippen LogP contribution in [-0.4, -0.2) is 12.1 Å². The molecule has 0 rings (SSSR count). The lowest BCUT2D eigenvalue weighted by Crippen LogP contribution is -2.14. The molecule has 0 bridgehead atoms. The summed E-state index contributed by atoms with van der Waals surface area (Å²) in [5.41, 5.74) is 0. The summed E-state index contributed by atoms with van der Waals surface area (Å²) < 4.78 is 4.99. The van der Waals surface area contributed by atoms with E-state index in [1.54, 1.807) is 0 Å². The SMILES string of the molecule is C#C[C@H](CCCC)OC(=O)C=CC=C. The van der Waals surface area contributed by atoms with E-state index >= 15 is 0 Å². The van der Waals surface area contributed by atoms with Crippen LogP contribution >= 0.6 is 0 Å². The number of terminal acetylenes is 1. The summed E-state index contributed by atoms with van der Waals surface area (Å²) in [5, 5.41) is 0.